The van der Waals surface area contributed by atoms with E-state index in [1.165, 1.54) is 0 Å². The lowest BCUT2D eigenvalue weighted by atomic mass is 10.1. The maximum absolute atomic E-state index is 12.8. The lowest BCUT2D eigenvalue weighted by molar-refractivity contribution is -0.192. The van der Waals surface area contributed by atoms with Gasteiger partial charge in [0.25, 0.3) is 5.91 Å². The van der Waals surface area contributed by atoms with Crippen LogP contribution < -0.4 is 5.32 Å². The van der Waals surface area contributed by atoms with Crippen molar-refractivity contribution in [2.24, 2.45) is 0 Å². The van der Waals surface area contributed by atoms with Gasteiger partial charge >= 0.3 is 12.1 Å². The van der Waals surface area contributed by atoms with Crippen LogP contribution in [0.3, 0.4) is 0 Å². The van der Waals surface area contributed by atoms with Crippen LogP contribution in [0.4, 0.5) is 24.8 Å². The number of nitrogens with one attached hydrogen (secondary N) is 2. The van der Waals surface area contributed by atoms with Crippen molar-refractivity contribution in [3.05, 3.63) is 69.5 Å². The van der Waals surface area contributed by atoms with Crippen LogP contribution in [-0.4, -0.2) is 74.3 Å². The Kier molecular flexibility index (Phi) is 9.35. The number of carboxylic acids is 1. The van der Waals surface area contributed by atoms with Gasteiger partial charge in [-0.05, 0) is 31.2 Å². The van der Waals surface area contributed by atoms with E-state index in [9.17, 15) is 18.0 Å². The first-order valence-electron chi connectivity index (χ1n) is 10.9. The van der Waals surface area contributed by atoms with E-state index in [-0.39, 0.29) is 5.91 Å². The first kappa shape index (κ1) is 28.2. The van der Waals surface area contributed by atoms with Gasteiger partial charge in [0.1, 0.15) is 5.82 Å². The van der Waals surface area contributed by atoms with Crippen LogP contribution in [0.15, 0.2) is 42.5 Å². The molecule has 14 heteroatoms. The van der Waals surface area contributed by atoms with E-state index in [2.05, 4.69) is 25.4 Å². The summed E-state index contributed by atoms with van der Waals surface area (Å²) in [5.41, 5.74) is 2.40. The number of amides is 1. The molecular formula is C23H23Cl2F3N6O3. The molecule has 3 heterocycles. The zero-order chi connectivity index (χ0) is 27.2. The van der Waals surface area contributed by atoms with E-state index >= 15 is 0 Å². The van der Waals surface area contributed by atoms with Crippen LogP contribution in [0.25, 0.3) is 0 Å². The van der Waals surface area contributed by atoms with Crippen LogP contribution in [0.5, 0.6) is 0 Å². The summed E-state index contributed by atoms with van der Waals surface area (Å²) in [4.78, 5) is 30.5. The SMILES string of the molecule is Cc1cc(Nc2cccc(CN3CCN(C(=O)c4cccc(Cl)c4Cl)CC3)n2)n[nH]1.O=C(O)C(F)(F)F. The van der Waals surface area contributed by atoms with Crippen molar-refractivity contribution in [2.75, 3.05) is 31.5 Å². The van der Waals surface area contributed by atoms with Gasteiger partial charge in [0.2, 0.25) is 0 Å². The van der Waals surface area contributed by atoms with E-state index in [1.54, 1.807) is 18.2 Å². The lowest BCUT2D eigenvalue weighted by Crippen LogP contribution is -2.48. The number of anilines is 2. The number of carboxylic acid groups (broad SMARTS) is 1. The predicted octanol–water partition coefficient (Wildman–Crippen LogP) is 4.75. The number of nitrogens with zero attached hydrogens (tertiary/aromatic N) is 4. The fourth-order valence-electron chi connectivity index (χ4n) is 3.43. The molecule has 0 bridgehead atoms. The van der Waals surface area contributed by atoms with Crippen molar-refractivity contribution in [2.45, 2.75) is 19.6 Å². The zero-order valence-electron chi connectivity index (χ0n) is 19.5. The number of aromatic nitrogens is 3. The van der Waals surface area contributed by atoms with Gasteiger partial charge in [-0.2, -0.15) is 18.3 Å². The summed E-state index contributed by atoms with van der Waals surface area (Å²) in [5, 5.41) is 18.1. The molecule has 4 rings (SSSR count). The molecule has 1 fully saturated rings. The number of halogens is 5. The van der Waals surface area contributed by atoms with E-state index < -0.39 is 12.1 Å². The number of carbonyl (C=O) groups is 2. The number of rotatable bonds is 5. The second-order valence-electron chi connectivity index (χ2n) is 8.05. The molecule has 0 radical (unpaired) electrons. The Hall–Kier alpha value is -3.35. The van der Waals surface area contributed by atoms with Gasteiger partial charge in [0.15, 0.2) is 5.82 Å². The van der Waals surface area contributed by atoms with Crippen molar-refractivity contribution >= 4 is 46.7 Å². The Labute approximate surface area is 220 Å². The van der Waals surface area contributed by atoms with Crippen LogP contribution in [0, 0.1) is 6.92 Å². The molecule has 1 aliphatic rings. The number of alkyl halides is 3. The largest absolute Gasteiger partial charge is 0.490 e. The van der Waals surface area contributed by atoms with Crippen molar-refractivity contribution in [3.63, 3.8) is 0 Å². The number of piperazine rings is 1. The number of aromatic amines is 1. The molecule has 0 atom stereocenters. The van der Waals surface area contributed by atoms with Gasteiger partial charge in [-0.1, -0.05) is 35.3 Å². The number of benzene rings is 1. The number of aliphatic carboxylic acids is 1. The lowest BCUT2D eigenvalue weighted by Gasteiger charge is -2.34. The molecule has 3 aromatic rings. The van der Waals surface area contributed by atoms with E-state index in [0.717, 1.165) is 42.7 Å². The van der Waals surface area contributed by atoms with Gasteiger partial charge in [0.05, 0.1) is 21.3 Å². The third-order valence-corrected chi connectivity index (χ3v) is 6.06. The highest BCUT2D eigenvalue weighted by atomic mass is 35.5. The van der Waals surface area contributed by atoms with Crippen LogP contribution in [0.1, 0.15) is 21.7 Å². The standard InChI is InChI=1S/C21H22Cl2N6O.C2HF3O2/c1-14-12-19(27-26-14)25-18-7-2-4-15(24-18)13-28-8-10-29(11-9-28)21(30)16-5-3-6-17(22)20(16)23;3-2(4,5)1(6)7/h2-7,12H,8-11,13H2,1H3,(H2,24,25,26,27);(H,6,7). The minimum absolute atomic E-state index is 0.0826. The molecule has 1 aliphatic heterocycles. The molecule has 9 nitrogen and oxygen atoms in total. The summed E-state index contributed by atoms with van der Waals surface area (Å²) in [6.07, 6.45) is -5.08. The van der Waals surface area contributed by atoms with Crippen LogP contribution in [0.2, 0.25) is 10.0 Å². The second-order valence-corrected chi connectivity index (χ2v) is 8.83. The van der Waals surface area contributed by atoms with Crippen LogP contribution in [-0.2, 0) is 11.3 Å². The molecule has 1 aromatic carbocycles. The first-order chi connectivity index (χ1) is 17.4. The molecule has 2 aromatic heterocycles. The van der Waals surface area contributed by atoms with Crippen molar-refractivity contribution in [3.8, 4) is 0 Å². The third kappa shape index (κ3) is 8.07. The predicted molar refractivity (Wildman–Crippen MR) is 132 cm³/mol. The number of aryl methyl sites for hydroxylation is 1. The Morgan fingerprint density at radius 2 is 1.73 bits per heavy atom. The topological polar surface area (TPSA) is 114 Å². The molecule has 0 saturated carbocycles. The Balaban J connectivity index is 0.000000479. The average molecular weight is 559 g/mol. The molecule has 0 spiro atoms. The summed E-state index contributed by atoms with van der Waals surface area (Å²) >= 11 is 12.3. The Bertz CT molecular complexity index is 1250. The fourth-order valence-corrected chi connectivity index (χ4v) is 3.81. The molecule has 37 heavy (non-hydrogen) atoms. The normalized spacial score (nSPS) is 14.1. The third-order valence-electron chi connectivity index (χ3n) is 5.24. The highest BCUT2D eigenvalue weighted by Gasteiger charge is 2.38. The molecule has 0 aliphatic carbocycles. The van der Waals surface area contributed by atoms with Gasteiger partial charge in [0, 0.05) is 44.5 Å². The smallest absolute Gasteiger partial charge is 0.475 e. The second kappa shape index (κ2) is 12.3. The Morgan fingerprint density at radius 3 is 2.32 bits per heavy atom. The average Bonchev–Trinajstić information content (AvgIpc) is 3.25. The summed E-state index contributed by atoms with van der Waals surface area (Å²) < 4.78 is 31.7. The quantitative estimate of drug-likeness (QED) is 0.413. The summed E-state index contributed by atoms with van der Waals surface area (Å²) in [7, 11) is 0. The number of H-pyrrole nitrogens is 1. The van der Waals surface area contributed by atoms with Gasteiger partial charge < -0.3 is 15.3 Å². The van der Waals surface area contributed by atoms with Gasteiger partial charge in [-0.25, -0.2) is 9.78 Å². The number of carbonyl (C=O) groups excluding carboxylic acids is 1. The molecular weight excluding hydrogens is 536 g/mol. The van der Waals surface area contributed by atoms with Crippen molar-refractivity contribution < 1.29 is 27.9 Å². The molecule has 0 unspecified atom stereocenters. The monoisotopic (exact) mass is 558 g/mol. The highest BCUT2D eigenvalue weighted by molar-refractivity contribution is 6.43. The number of hydrogen-bond donors (Lipinski definition) is 3. The maximum atomic E-state index is 12.8. The molecule has 3 N–H and O–H groups in total. The van der Waals surface area contributed by atoms with Gasteiger partial charge in [-0.3, -0.25) is 14.8 Å². The van der Waals surface area contributed by atoms with Gasteiger partial charge in [-0.15, -0.1) is 0 Å². The van der Waals surface area contributed by atoms with E-state index in [1.807, 2.05) is 36.1 Å². The summed E-state index contributed by atoms with van der Waals surface area (Å²) in [6.45, 7) is 5.46. The minimum Gasteiger partial charge on any atom is -0.475 e. The molecule has 198 valence electrons. The van der Waals surface area contributed by atoms with Crippen molar-refractivity contribution in [1.29, 1.82) is 0 Å². The molecule has 1 saturated heterocycles. The number of hydrogen-bond acceptors (Lipinski definition) is 6. The first-order valence-corrected chi connectivity index (χ1v) is 11.7. The maximum Gasteiger partial charge on any atom is 0.490 e. The fraction of sp³-hybridized carbons (Fsp3) is 0.304. The summed E-state index contributed by atoms with van der Waals surface area (Å²) in [6, 6.07) is 13.0. The summed E-state index contributed by atoms with van der Waals surface area (Å²) in [5.74, 6) is -1.35. The minimum atomic E-state index is -5.08. The zero-order valence-corrected chi connectivity index (χ0v) is 21.0. The highest BCUT2D eigenvalue weighted by Crippen LogP contribution is 2.27. The molecule has 1 amide bonds. The van der Waals surface area contributed by atoms with E-state index in [4.69, 9.17) is 33.1 Å². The van der Waals surface area contributed by atoms with Crippen LogP contribution >= 0.6 is 23.2 Å². The Morgan fingerprint density at radius 1 is 1.08 bits per heavy atom. The van der Waals surface area contributed by atoms with E-state index in [0.29, 0.717) is 28.7 Å². The van der Waals surface area contributed by atoms with Crippen molar-refractivity contribution in [1.82, 2.24) is 25.0 Å². The number of pyridine rings is 1.